The lowest BCUT2D eigenvalue weighted by atomic mass is 10.2. The highest BCUT2D eigenvalue weighted by Crippen LogP contribution is 2.07. The second-order valence-electron chi connectivity index (χ2n) is 4.72. The topological polar surface area (TPSA) is 62.3 Å². The van der Waals surface area contributed by atoms with E-state index in [4.69, 9.17) is 0 Å². The molecule has 5 heteroatoms. The summed E-state index contributed by atoms with van der Waals surface area (Å²) in [5, 5.41) is 2.68. The fraction of sp³-hybridized carbons (Fsp3) is 0.438. The van der Waals surface area contributed by atoms with E-state index in [0.29, 0.717) is 30.9 Å². The average molecular weight is 289 g/mol. The van der Waals surface area contributed by atoms with Crippen LogP contribution in [0, 0.1) is 0 Å². The fourth-order valence-electron chi connectivity index (χ4n) is 1.97. The van der Waals surface area contributed by atoms with Gasteiger partial charge in [-0.15, -0.1) is 6.58 Å². The quantitative estimate of drug-likeness (QED) is 0.747. The zero-order valence-corrected chi connectivity index (χ0v) is 12.8. The molecule has 114 valence electrons. The number of aromatic nitrogens is 1. The predicted molar refractivity (Wildman–Crippen MR) is 83.3 cm³/mol. The van der Waals surface area contributed by atoms with Crippen LogP contribution in [0.25, 0.3) is 0 Å². The minimum Gasteiger partial charge on any atom is -0.349 e. The van der Waals surface area contributed by atoms with E-state index < -0.39 is 0 Å². The van der Waals surface area contributed by atoms with E-state index in [2.05, 4.69) is 16.9 Å². The number of hydrogen-bond acceptors (Lipinski definition) is 3. The summed E-state index contributed by atoms with van der Waals surface area (Å²) in [7, 11) is 0. The van der Waals surface area contributed by atoms with Gasteiger partial charge in [0, 0.05) is 31.4 Å². The van der Waals surface area contributed by atoms with Crippen LogP contribution in [0.3, 0.4) is 0 Å². The van der Waals surface area contributed by atoms with Crippen LogP contribution in [0.5, 0.6) is 0 Å². The molecule has 1 N–H and O–H groups in total. The molecule has 5 nitrogen and oxygen atoms in total. The Kier molecular flexibility index (Phi) is 7.15. The molecule has 0 bridgehead atoms. The number of amides is 2. The van der Waals surface area contributed by atoms with Crippen molar-refractivity contribution < 1.29 is 9.59 Å². The second kappa shape index (κ2) is 8.89. The number of nitrogens with zero attached hydrogens (tertiary/aromatic N) is 2. The monoisotopic (exact) mass is 289 g/mol. The predicted octanol–water partition coefficient (Wildman–Crippen LogP) is 2.26. The molecule has 0 aliphatic heterocycles. The molecule has 0 radical (unpaired) electrons. The number of hydrogen-bond donors (Lipinski definition) is 1. The van der Waals surface area contributed by atoms with Crippen LogP contribution < -0.4 is 5.32 Å². The van der Waals surface area contributed by atoms with Gasteiger partial charge in [0.25, 0.3) is 11.8 Å². The Morgan fingerprint density at radius 2 is 2.00 bits per heavy atom. The Morgan fingerprint density at radius 1 is 1.33 bits per heavy atom. The van der Waals surface area contributed by atoms with Crippen LogP contribution in [0.15, 0.2) is 31.0 Å². The van der Waals surface area contributed by atoms with Crippen molar-refractivity contribution in [1.29, 1.82) is 0 Å². The first-order valence-corrected chi connectivity index (χ1v) is 7.28. The SMILES string of the molecule is C=CCNC(=O)c1ccnc(C(=O)N(CCC)CCC)c1. The van der Waals surface area contributed by atoms with Crippen molar-refractivity contribution in [2.45, 2.75) is 26.7 Å². The van der Waals surface area contributed by atoms with Crippen molar-refractivity contribution >= 4 is 11.8 Å². The molecule has 1 aromatic heterocycles. The molecule has 0 fully saturated rings. The fourth-order valence-corrected chi connectivity index (χ4v) is 1.97. The van der Waals surface area contributed by atoms with Gasteiger partial charge in [-0.25, -0.2) is 0 Å². The summed E-state index contributed by atoms with van der Waals surface area (Å²) in [6, 6.07) is 3.14. The lowest BCUT2D eigenvalue weighted by Gasteiger charge is -2.21. The number of carbonyl (C=O) groups excluding carboxylic acids is 2. The van der Waals surface area contributed by atoms with E-state index >= 15 is 0 Å². The van der Waals surface area contributed by atoms with Gasteiger partial charge in [0.2, 0.25) is 0 Å². The van der Waals surface area contributed by atoms with E-state index in [1.165, 1.54) is 6.20 Å². The van der Waals surface area contributed by atoms with Gasteiger partial charge in [-0.1, -0.05) is 19.9 Å². The molecule has 0 aliphatic rings. The minimum absolute atomic E-state index is 0.128. The zero-order valence-electron chi connectivity index (χ0n) is 12.8. The molecule has 0 aromatic carbocycles. The standard InChI is InChI=1S/C16H23N3O2/c1-4-8-18-15(20)13-7-9-17-14(12-13)16(21)19(10-5-2)11-6-3/h4,7,9,12H,1,5-6,8,10-11H2,2-3H3,(H,18,20). The van der Waals surface area contributed by atoms with Crippen LogP contribution in [0.4, 0.5) is 0 Å². The summed E-state index contributed by atoms with van der Waals surface area (Å²) in [5.74, 6) is -0.360. The van der Waals surface area contributed by atoms with Gasteiger partial charge in [0.05, 0.1) is 0 Å². The smallest absolute Gasteiger partial charge is 0.272 e. The van der Waals surface area contributed by atoms with Crippen LogP contribution in [0.1, 0.15) is 47.5 Å². The molecule has 0 spiro atoms. The van der Waals surface area contributed by atoms with Gasteiger partial charge in [-0.3, -0.25) is 14.6 Å². The van der Waals surface area contributed by atoms with Gasteiger partial charge in [0.1, 0.15) is 5.69 Å². The number of carbonyl (C=O) groups is 2. The molecule has 2 amide bonds. The normalized spacial score (nSPS) is 10.0. The molecule has 0 atom stereocenters. The van der Waals surface area contributed by atoms with Crippen LogP contribution >= 0.6 is 0 Å². The summed E-state index contributed by atoms with van der Waals surface area (Å²) >= 11 is 0. The third kappa shape index (κ3) is 5.02. The summed E-state index contributed by atoms with van der Waals surface area (Å²) in [6.07, 6.45) is 4.89. The lowest BCUT2D eigenvalue weighted by molar-refractivity contribution is 0.0749. The van der Waals surface area contributed by atoms with E-state index in [0.717, 1.165) is 12.8 Å². The maximum Gasteiger partial charge on any atom is 0.272 e. The van der Waals surface area contributed by atoms with Gasteiger partial charge in [-0.05, 0) is 25.0 Å². The maximum atomic E-state index is 12.4. The number of pyridine rings is 1. The third-order valence-corrected chi connectivity index (χ3v) is 2.92. The van der Waals surface area contributed by atoms with Crippen molar-refractivity contribution in [3.8, 4) is 0 Å². The first-order valence-electron chi connectivity index (χ1n) is 7.28. The number of rotatable bonds is 8. The molecular weight excluding hydrogens is 266 g/mol. The van der Waals surface area contributed by atoms with Crippen molar-refractivity contribution in [3.05, 3.63) is 42.2 Å². The summed E-state index contributed by atoms with van der Waals surface area (Å²) < 4.78 is 0. The average Bonchev–Trinajstić information content (AvgIpc) is 2.51. The summed E-state index contributed by atoms with van der Waals surface area (Å²) in [6.45, 7) is 9.39. The van der Waals surface area contributed by atoms with Crippen LogP contribution in [-0.2, 0) is 0 Å². The van der Waals surface area contributed by atoms with E-state index in [-0.39, 0.29) is 11.8 Å². The summed E-state index contributed by atoms with van der Waals surface area (Å²) in [4.78, 5) is 30.2. The Balaban J connectivity index is 2.89. The zero-order chi connectivity index (χ0) is 15.7. The molecule has 0 unspecified atom stereocenters. The van der Waals surface area contributed by atoms with Gasteiger partial charge in [0.15, 0.2) is 0 Å². The van der Waals surface area contributed by atoms with Crippen molar-refractivity contribution in [2.75, 3.05) is 19.6 Å². The molecule has 0 saturated heterocycles. The highest BCUT2D eigenvalue weighted by Gasteiger charge is 2.17. The Morgan fingerprint density at radius 3 is 2.57 bits per heavy atom. The molecule has 0 saturated carbocycles. The first-order chi connectivity index (χ1) is 10.1. The lowest BCUT2D eigenvalue weighted by Crippen LogP contribution is -2.33. The highest BCUT2D eigenvalue weighted by atomic mass is 16.2. The Labute approximate surface area is 126 Å². The molecule has 1 rings (SSSR count). The maximum absolute atomic E-state index is 12.4. The van der Waals surface area contributed by atoms with Crippen LogP contribution in [-0.4, -0.2) is 41.3 Å². The van der Waals surface area contributed by atoms with Crippen molar-refractivity contribution in [2.24, 2.45) is 0 Å². The van der Waals surface area contributed by atoms with Gasteiger partial charge >= 0.3 is 0 Å². The van der Waals surface area contributed by atoms with Gasteiger partial charge < -0.3 is 10.2 Å². The third-order valence-electron chi connectivity index (χ3n) is 2.92. The number of nitrogens with one attached hydrogen (secondary N) is 1. The van der Waals surface area contributed by atoms with E-state index in [1.807, 2.05) is 13.8 Å². The second-order valence-corrected chi connectivity index (χ2v) is 4.72. The largest absolute Gasteiger partial charge is 0.349 e. The van der Waals surface area contributed by atoms with Crippen molar-refractivity contribution in [3.63, 3.8) is 0 Å². The van der Waals surface area contributed by atoms with E-state index in [9.17, 15) is 9.59 Å². The Bertz CT molecular complexity index is 494. The molecule has 0 aliphatic carbocycles. The van der Waals surface area contributed by atoms with Gasteiger partial charge in [-0.2, -0.15) is 0 Å². The molecule has 1 aromatic rings. The van der Waals surface area contributed by atoms with E-state index in [1.54, 1.807) is 23.1 Å². The van der Waals surface area contributed by atoms with Crippen molar-refractivity contribution in [1.82, 2.24) is 15.2 Å². The van der Waals surface area contributed by atoms with Crippen LogP contribution in [0.2, 0.25) is 0 Å². The highest BCUT2D eigenvalue weighted by molar-refractivity contribution is 5.98. The minimum atomic E-state index is -0.233. The Hall–Kier alpha value is -2.17. The molecule has 21 heavy (non-hydrogen) atoms. The molecular formula is C16H23N3O2. The first kappa shape index (κ1) is 16.9. The molecule has 1 heterocycles. The summed E-state index contributed by atoms with van der Waals surface area (Å²) in [5.41, 5.74) is 0.742.